The van der Waals surface area contributed by atoms with E-state index in [0.29, 0.717) is 0 Å². The van der Waals surface area contributed by atoms with Crippen molar-refractivity contribution < 1.29 is 0 Å². The van der Waals surface area contributed by atoms with Gasteiger partial charge in [0.1, 0.15) is 0 Å². The van der Waals surface area contributed by atoms with Crippen molar-refractivity contribution in [2.24, 2.45) is 17.8 Å². The zero-order chi connectivity index (χ0) is 15.2. The number of hydrogen-bond donors (Lipinski definition) is 0. The molecule has 0 aliphatic heterocycles. The van der Waals surface area contributed by atoms with E-state index in [4.69, 9.17) is 0 Å². The first-order chi connectivity index (χ1) is 9.63. The summed E-state index contributed by atoms with van der Waals surface area (Å²) in [5, 5.41) is 0. The predicted molar refractivity (Wildman–Crippen MR) is 94.2 cm³/mol. The molecule has 0 aromatic heterocycles. The smallest absolute Gasteiger partial charge is 0.0420 e. The van der Waals surface area contributed by atoms with Gasteiger partial charge in [0.25, 0.3) is 0 Å². The molecule has 2 atom stereocenters. The molecular weight excluding hydrogens is 240 g/mol. The Hall–Kier alpha value is 0. The summed E-state index contributed by atoms with van der Waals surface area (Å²) < 4.78 is 0. The van der Waals surface area contributed by atoms with E-state index in [-0.39, 0.29) is 0 Å². The molecule has 0 nitrogen and oxygen atoms in total. The number of rotatable bonds is 14. The van der Waals surface area contributed by atoms with E-state index in [9.17, 15) is 0 Å². The fourth-order valence-electron chi connectivity index (χ4n) is 3.30. The fourth-order valence-corrected chi connectivity index (χ4v) is 3.30. The monoisotopic (exact) mass is 282 g/mol. The van der Waals surface area contributed by atoms with Crippen LogP contribution in [0.4, 0.5) is 0 Å². The standard InChI is InChI=1S/C20H42/c1-6-9-10-13-18(4)14-11-15-19(5)16-12-17-20(7-2)8-3/h18-20H,6-17H2,1-5H3/t18-,19-/m1/s1. The van der Waals surface area contributed by atoms with Crippen molar-refractivity contribution in [2.45, 2.75) is 112 Å². The lowest BCUT2D eigenvalue weighted by Gasteiger charge is -2.16. The summed E-state index contributed by atoms with van der Waals surface area (Å²) in [5.41, 5.74) is 0. The highest BCUT2D eigenvalue weighted by Gasteiger charge is 2.07. The second-order valence-electron chi connectivity index (χ2n) is 7.25. The first-order valence-corrected chi connectivity index (χ1v) is 9.63. The number of unbranched alkanes of at least 4 members (excludes halogenated alkanes) is 2. The summed E-state index contributed by atoms with van der Waals surface area (Å²) in [4.78, 5) is 0. The van der Waals surface area contributed by atoms with Gasteiger partial charge in [0.2, 0.25) is 0 Å². The third-order valence-electron chi connectivity index (χ3n) is 5.16. The largest absolute Gasteiger partial charge is 0.0654 e. The third kappa shape index (κ3) is 11.8. The zero-order valence-electron chi connectivity index (χ0n) is 15.2. The highest BCUT2D eigenvalue weighted by molar-refractivity contribution is 4.61. The molecule has 122 valence electrons. The Morgan fingerprint density at radius 1 is 0.550 bits per heavy atom. The highest BCUT2D eigenvalue weighted by atomic mass is 14.1. The topological polar surface area (TPSA) is 0 Å². The SMILES string of the molecule is CCCCC[C@@H](C)CCC[C@@H](C)CCCC(CC)CC. The minimum Gasteiger partial charge on any atom is -0.0654 e. The predicted octanol–water partition coefficient (Wildman–Crippen LogP) is 7.62. The first-order valence-electron chi connectivity index (χ1n) is 9.63. The average Bonchev–Trinajstić information content (AvgIpc) is 2.44. The van der Waals surface area contributed by atoms with E-state index >= 15 is 0 Å². The van der Waals surface area contributed by atoms with Gasteiger partial charge in [0.05, 0.1) is 0 Å². The molecular formula is C20H42. The summed E-state index contributed by atoms with van der Waals surface area (Å²) >= 11 is 0. The number of hydrogen-bond acceptors (Lipinski definition) is 0. The van der Waals surface area contributed by atoms with Crippen LogP contribution in [0.2, 0.25) is 0 Å². The molecule has 0 unspecified atom stereocenters. The Morgan fingerprint density at radius 3 is 1.45 bits per heavy atom. The van der Waals surface area contributed by atoms with Gasteiger partial charge in [-0.05, 0) is 17.8 Å². The van der Waals surface area contributed by atoms with Gasteiger partial charge in [-0.3, -0.25) is 0 Å². The summed E-state index contributed by atoms with van der Waals surface area (Å²) in [6.07, 6.45) is 17.2. The summed E-state index contributed by atoms with van der Waals surface area (Å²) in [5.74, 6) is 2.89. The van der Waals surface area contributed by atoms with Gasteiger partial charge in [-0.25, -0.2) is 0 Å². The molecule has 0 amide bonds. The molecule has 0 bridgehead atoms. The Morgan fingerprint density at radius 2 is 1.00 bits per heavy atom. The molecule has 0 rings (SSSR count). The third-order valence-corrected chi connectivity index (χ3v) is 5.16. The van der Waals surface area contributed by atoms with Crippen LogP contribution in [0.5, 0.6) is 0 Å². The van der Waals surface area contributed by atoms with Crippen LogP contribution in [0.15, 0.2) is 0 Å². The van der Waals surface area contributed by atoms with Crippen molar-refractivity contribution in [3.05, 3.63) is 0 Å². The maximum atomic E-state index is 2.47. The van der Waals surface area contributed by atoms with Crippen LogP contribution in [0, 0.1) is 17.8 Å². The lowest BCUT2D eigenvalue weighted by Crippen LogP contribution is -2.01. The normalized spacial score (nSPS) is 14.7. The molecule has 0 N–H and O–H groups in total. The maximum Gasteiger partial charge on any atom is -0.0420 e. The van der Waals surface area contributed by atoms with Crippen molar-refractivity contribution >= 4 is 0 Å². The van der Waals surface area contributed by atoms with E-state index in [0.717, 1.165) is 17.8 Å². The van der Waals surface area contributed by atoms with Crippen molar-refractivity contribution in [2.75, 3.05) is 0 Å². The van der Waals surface area contributed by atoms with E-state index in [1.54, 1.807) is 0 Å². The van der Waals surface area contributed by atoms with Crippen LogP contribution in [0.1, 0.15) is 112 Å². The van der Waals surface area contributed by atoms with E-state index in [1.807, 2.05) is 0 Å². The van der Waals surface area contributed by atoms with Gasteiger partial charge >= 0.3 is 0 Å². The lowest BCUT2D eigenvalue weighted by atomic mass is 9.90. The molecule has 0 radical (unpaired) electrons. The van der Waals surface area contributed by atoms with Crippen LogP contribution in [-0.2, 0) is 0 Å². The summed E-state index contributed by atoms with van der Waals surface area (Å²) in [6, 6.07) is 0. The second kappa shape index (κ2) is 14.0. The minimum atomic E-state index is 0.951. The van der Waals surface area contributed by atoms with Crippen LogP contribution in [-0.4, -0.2) is 0 Å². The Bertz CT molecular complexity index is 180. The quantitative estimate of drug-likeness (QED) is 0.287. The maximum absolute atomic E-state index is 2.47. The van der Waals surface area contributed by atoms with Gasteiger partial charge in [-0.15, -0.1) is 0 Å². The van der Waals surface area contributed by atoms with Crippen molar-refractivity contribution in [3.8, 4) is 0 Å². The molecule has 0 heterocycles. The molecule has 0 aromatic carbocycles. The lowest BCUT2D eigenvalue weighted by molar-refractivity contribution is 0.370. The average molecular weight is 283 g/mol. The molecule has 0 saturated carbocycles. The Kier molecular flexibility index (Phi) is 14.0. The molecule has 0 fully saturated rings. The highest BCUT2D eigenvalue weighted by Crippen LogP contribution is 2.23. The van der Waals surface area contributed by atoms with Gasteiger partial charge in [0, 0.05) is 0 Å². The molecule has 0 aliphatic carbocycles. The first kappa shape index (κ1) is 20.0. The van der Waals surface area contributed by atoms with E-state index in [1.165, 1.54) is 77.0 Å². The van der Waals surface area contributed by atoms with E-state index in [2.05, 4.69) is 34.6 Å². The molecule has 0 saturated heterocycles. The fraction of sp³-hybridized carbons (Fsp3) is 1.00. The molecule has 0 aliphatic rings. The molecule has 0 aromatic rings. The van der Waals surface area contributed by atoms with Gasteiger partial charge in [0.15, 0.2) is 0 Å². The van der Waals surface area contributed by atoms with Crippen LogP contribution in [0.3, 0.4) is 0 Å². The van der Waals surface area contributed by atoms with Gasteiger partial charge < -0.3 is 0 Å². The summed E-state index contributed by atoms with van der Waals surface area (Å²) in [7, 11) is 0. The van der Waals surface area contributed by atoms with Gasteiger partial charge in [-0.2, -0.15) is 0 Å². The molecule has 0 spiro atoms. The van der Waals surface area contributed by atoms with Gasteiger partial charge in [-0.1, -0.05) is 112 Å². The van der Waals surface area contributed by atoms with Crippen LogP contribution < -0.4 is 0 Å². The Balaban J connectivity index is 3.46. The Labute approximate surface area is 130 Å². The molecule has 0 heteroatoms. The van der Waals surface area contributed by atoms with Crippen LogP contribution in [0.25, 0.3) is 0 Å². The second-order valence-corrected chi connectivity index (χ2v) is 7.25. The van der Waals surface area contributed by atoms with E-state index < -0.39 is 0 Å². The zero-order valence-corrected chi connectivity index (χ0v) is 15.2. The summed E-state index contributed by atoms with van der Waals surface area (Å²) in [6.45, 7) is 11.9. The van der Waals surface area contributed by atoms with Crippen molar-refractivity contribution in [3.63, 3.8) is 0 Å². The van der Waals surface area contributed by atoms with Crippen molar-refractivity contribution in [1.82, 2.24) is 0 Å². The van der Waals surface area contributed by atoms with Crippen LogP contribution >= 0.6 is 0 Å². The minimum absolute atomic E-state index is 0.951. The van der Waals surface area contributed by atoms with Crippen molar-refractivity contribution in [1.29, 1.82) is 0 Å². The molecule has 20 heavy (non-hydrogen) atoms.